The van der Waals surface area contributed by atoms with Crippen molar-refractivity contribution < 1.29 is 19.4 Å². The molecule has 0 saturated carbocycles. The van der Waals surface area contributed by atoms with Gasteiger partial charge in [-0.05, 0) is 29.7 Å². The first kappa shape index (κ1) is 22.7. The fraction of sp³-hybridized carbons (Fsp3) is 0.435. The molecule has 0 bridgehead atoms. The lowest BCUT2D eigenvalue weighted by molar-refractivity contribution is 0.0484. The van der Waals surface area contributed by atoms with Gasteiger partial charge in [-0.3, -0.25) is 0 Å². The van der Waals surface area contributed by atoms with Crippen LogP contribution in [-0.4, -0.2) is 44.6 Å². The van der Waals surface area contributed by atoms with Gasteiger partial charge in [0.2, 0.25) is 0 Å². The third-order valence-corrected chi connectivity index (χ3v) is 4.76. The van der Waals surface area contributed by atoms with Crippen molar-refractivity contribution in [1.82, 2.24) is 10.6 Å². The van der Waals surface area contributed by atoms with Crippen LogP contribution in [0.4, 0.5) is 4.79 Å². The summed E-state index contributed by atoms with van der Waals surface area (Å²) in [5.41, 5.74) is 3.31. The van der Waals surface area contributed by atoms with E-state index in [0.29, 0.717) is 32.9 Å². The second kappa shape index (κ2) is 10.8. The molecule has 2 aromatic carbocycles. The highest BCUT2D eigenvalue weighted by Crippen LogP contribution is 2.35. The summed E-state index contributed by atoms with van der Waals surface area (Å²) in [7, 11) is 1.65. The van der Waals surface area contributed by atoms with Crippen LogP contribution in [0.2, 0.25) is 0 Å². The van der Waals surface area contributed by atoms with Gasteiger partial charge in [-0.2, -0.15) is 0 Å². The number of hydrogen-bond acceptors (Lipinski definition) is 4. The molecule has 0 spiro atoms. The van der Waals surface area contributed by atoms with E-state index in [1.54, 1.807) is 13.2 Å². The molecule has 0 fully saturated rings. The van der Waals surface area contributed by atoms with Gasteiger partial charge in [-0.25, -0.2) is 4.79 Å². The largest absolute Gasteiger partial charge is 0.507 e. The average molecular weight is 401 g/mol. The van der Waals surface area contributed by atoms with Crippen molar-refractivity contribution in [2.24, 2.45) is 0 Å². The predicted octanol–water partition coefficient (Wildman–Crippen LogP) is 3.82. The van der Waals surface area contributed by atoms with Gasteiger partial charge in [0.05, 0.1) is 19.8 Å². The van der Waals surface area contributed by atoms with Crippen molar-refractivity contribution in [1.29, 1.82) is 0 Å². The fourth-order valence-electron chi connectivity index (χ4n) is 3.07. The monoisotopic (exact) mass is 400 g/mol. The van der Waals surface area contributed by atoms with Crippen molar-refractivity contribution >= 4 is 6.03 Å². The van der Waals surface area contributed by atoms with Gasteiger partial charge in [-0.15, -0.1) is 0 Å². The first-order valence-electron chi connectivity index (χ1n) is 9.89. The molecule has 158 valence electrons. The highest BCUT2D eigenvalue weighted by Gasteiger charge is 2.22. The molecule has 0 atom stereocenters. The number of rotatable bonds is 10. The number of aromatic hydroxyl groups is 1. The summed E-state index contributed by atoms with van der Waals surface area (Å²) in [5, 5.41) is 16.3. The highest BCUT2D eigenvalue weighted by molar-refractivity contribution is 5.76. The molecule has 2 amide bonds. The highest BCUT2D eigenvalue weighted by atomic mass is 16.5. The molecule has 0 aliphatic rings. The number of benzene rings is 2. The number of carbonyl (C=O) groups is 1. The molecular formula is C23H32N2O4. The predicted molar refractivity (Wildman–Crippen MR) is 115 cm³/mol. The zero-order valence-electron chi connectivity index (χ0n) is 17.7. The quantitative estimate of drug-likeness (QED) is 0.530. The Hall–Kier alpha value is -2.57. The molecule has 0 aromatic heterocycles. The van der Waals surface area contributed by atoms with Gasteiger partial charge in [0.25, 0.3) is 0 Å². The van der Waals surface area contributed by atoms with E-state index in [1.165, 1.54) is 0 Å². The Morgan fingerprint density at radius 1 is 1.07 bits per heavy atom. The molecule has 2 aromatic rings. The minimum absolute atomic E-state index is 0.206. The minimum atomic E-state index is -0.247. The van der Waals surface area contributed by atoms with Crippen molar-refractivity contribution in [2.75, 3.05) is 33.5 Å². The van der Waals surface area contributed by atoms with Crippen LogP contribution in [0.25, 0.3) is 11.1 Å². The van der Waals surface area contributed by atoms with E-state index in [1.807, 2.05) is 43.3 Å². The van der Waals surface area contributed by atoms with Crippen LogP contribution in [0.1, 0.15) is 31.9 Å². The first-order valence-corrected chi connectivity index (χ1v) is 9.89. The van der Waals surface area contributed by atoms with Gasteiger partial charge in [-0.1, -0.05) is 50.2 Å². The van der Waals surface area contributed by atoms with Crippen LogP contribution >= 0.6 is 0 Å². The van der Waals surface area contributed by atoms with Crippen molar-refractivity contribution in [2.45, 2.75) is 32.7 Å². The van der Waals surface area contributed by atoms with E-state index in [4.69, 9.17) is 9.47 Å². The molecule has 0 heterocycles. The number of hydrogen-bond donors (Lipinski definition) is 3. The zero-order chi connectivity index (χ0) is 21.3. The Bertz CT molecular complexity index is 805. The zero-order valence-corrected chi connectivity index (χ0v) is 17.7. The Morgan fingerprint density at radius 3 is 2.52 bits per heavy atom. The second-order valence-electron chi connectivity index (χ2n) is 7.53. The van der Waals surface area contributed by atoms with Gasteiger partial charge >= 0.3 is 6.03 Å². The second-order valence-corrected chi connectivity index (χ2v) is 7.53. The number of ether oxygens (including phenoxy) is 2. The van der Waals surface area contributed by atoms with Gasteiger partial charge < -0.3 is 25.2 Å². The Balaban J connectivity index is 2.19. The van der Waals surface area contributed by atoms with E-state index in [9.17, 15) is 9.90 Å². The third kappa shape index (κ3) is 6.48. The molecule has 0 saturated heterocycles. The van der Waals surface area contributed by atoms with E-state index in [0.717, 1.165) is 22.3 Å². The van der Waals surface area contributed by atoms with Crippen LogP contribution in [0.3, 0.4) is 0 Å². The van der Waals surface area contributed by atoms with Gasteiger partial charge in [0.15, 0.2) is 0 Å². The van der Waals surface area contributed by atoms with Crippen LogP contribution < -0.4 is 10.6 Å². The summed E-state index contributed by atoms with van der Waals surface area (Å²) in [6.07, 6.45) is 0. The molecule has 2 rings (SSSR count). The molecular weight excluding hydrogens is 368 g/mol. The van der Waals surface area contributed by atoms with Crippen molar-refractivity contribution in [3.05, 3.63) is 53.6 Å². The Kier molecular flexibility index (Phi) is 8.49. The Morgan fingerprint density at radius 2 is 1.83 bits per heavy atom. The standard InChI is InChI=1S/C23H32N2O4/c1-5-24-22(27)25-15-17-8-6-7-9-19(17)20-11-10-18(14-21(20)26)23(2,3)16-29-13-12-28-4/h6-11,14,26H,5,12-13,15-16H2,1-4H3,(H2,24,25,27). The molecule has 3 N–H and O–H groups in total. The fourth-order valence-corrected chi connectivity index (χ4v) is 3.07. The molecule has 0 radical (unpaired) electrons. The number of phenols is 1. The Labute approximate surface area is 173 Å². The number of carbonyl (C=O) groups excluding carboxylic acids is 1. The third-order valence-electron chi connectivity index (χ3n) is 4.76. The maximum absolute atomic E-state index is 11.7. The van der Waals surface area contributed by atoms with E-state index < -0.39 is 0 Å². The first-order chi connectivity index (χ1) is 13.9. The maximum Gasteiger partial charge on any atom is 0.315 e. The molecule has 6 heteroatoms. The van der Waals surface area contributed by atoms with Gasteiger partial charge in [0.1, 0.15) is 5.75 Å². The smallest absolute Gasteiger partial charge is 0.315 e. The summed E-state index contributed by atoms with van der Waals surface area (Å²) < 4.78 is 10.7. The summed E-state index contributed by atoms with van der Waals surface area (Å²) in [6.45, 7) is 8.61. The van der Waals surface area contributed by atoms with E-state index in [-0.39, 0.29) is 17.2 Å². The normalized spacial score (nSPS) is 11.3. The lowest BCUT2D eigenvalue weighted by Crippen LogP contribution is -2.34. The van der Waals surface area contributed by atoms with Gasteiger partial charge in [0, 0.05) is 31.2 Å². The maximum atomic E-state index is 11.7. The molecule has 0 aliphatic carbocycles. The average Bonchev–Trinajstić information content (AvgIpc) is 2.70. The summed E-state index contributed by atoms with van der Waals surface area (Å²) >= 11 is 0. The van der Waals surface area contributed by atoms with Crippen molar-refractivity contribution in [3.63, 3.8) is 0 Å². The summed E-state index contributed by atoms with van der Waals surface area (Å²) in [6, 6.07) is 13.3. The molecule has 0 aliphatic heterocycles. The summed E-state index contributed by atoms with van der Waals surface area (Å²) in [4.78, 5) is 11.7. The number of urea groups is 1. The van der Waals surface area contributed by atoms with Crippen molar-refractivity contribution in [3.8, 4) is 16.9 Å². The number of phenolic OH excluding ortho intramolecular Hbond substituents is 1. The molecule has 29 heavy (non-hydrogen) atoms. The van der Waals surface area contributed by atoms with Crippen LogP contribution in [0.5, 0.6) is 5.75 Å². The van der Waals surface area contributed by atoms with Crippen LogP contribution in [0, 0.1) is 0 Å². The number of nitrogens with one attached hydrogen (secondary N) is 2. The molecule has 6 nitrogen and oxygen atoms in total. The number of amides is 2. The summed E-state index contributed by atoms with van der Waals surface area (Å²) in [5.74, 6) is 0.206. The lowest BCUT2D eigenvalue weighted by atomic mass is 9.84. The van der Waals surface area contributed by atoms with Crippen LogP contribution in [0.15, 0.2) is 42.5 Å². The minimum Gasteiger partial charge on any atom is -0.507 e. The number of methoxy groups -OCH3 is 1. The molecule has 0 unspecified atom stereocenters. The van der Waals surface area contributed by atoms with E-state index >= 15 is 0 Å². The van der Waals surface area contributed by atoms with Crippen LogP contribution in [-0.2, 0) is 21.4 Å². The topological polar surface area (TPSA) is 79.8 Å². The van der Waals surface area contributed by atoms with E-state index in [2.05, 4.69) is 24.5 Å². The lowest BCUT2D eigenvalue weighted by Gasteiger charge is -2.26. The SMILES string of the molecule is CCNC(=O)NCc1ccccc1-c1ccc(C(C)(C)COCCOC)cc1O.